The van der Waals surface area contributed by atoms with Crippen molar-refractivity contribution in [3.05, 3.63) is 11.9 Å². The quantitative estimate of drug-likeness (QED) is 0.672. The van der Waals surface area contributed by atoms with Gasteiger partial charge in [-0.25, -0.2) is 0 Å². The van der Waals surface area contributed by atoms with Crippen LogP contribution in [0.2, 0.25) is 0 Å². The van der Waals surface area contributed by atoms with Crippen molar-refractivity contribution in [2.45, 2.75) is 6.54 Å². The Bertz CT molecular complexity index is 296. The van der Waals surface area contributed by atoms with E-state index in [2.05, 4.69) is 10.3 Å². The van der Waals surface area contributed by atoms with E-state index in [4.69, 9.17) is 5.11 Å². The minimum absolute atomic E-state index is 0.0105. The number of carbonyl (C=O) groups is 1. The van der Waals surface area contributed by atoms with E-state index in [1.807, 2.05) is 0 Å². The Morgan fingerprint density at radius 2 is 2.46 bits per heavy atom. The normalized spacial score (nSPS) is 10.7. The highest BCUT2D eigenvalue weighted by Gasteiger charge is 2.06. The predicted molar refractivity (Wildman–Crippen MR) is 45.0 cm³/mol. The van der Waals surface area contributed by atoms with Crippen LogP contribution in [-0.2, 0) is 18.4 Å². The van der Waals surface area contributed by atoms with Gasteiger partial charge in [0.05, 0.1) is 12.2 Å². The van der Waals surface area contributed by atoms with Gasteiger partial charge in [0, 0.05) is 19.8 Å². The number of hydrogen-bond donors (Lipinski definition) is 1. The summed E-state index contributed by atoms with van der Waals surface area (Å²) in [4.78, 5) is 12.0. The average Bonchev–Trinajstić information content (AvgIpc) is 2.33. The van der Waals surface area contributed by atoms with Gasteiger partial charge in [-0.05, 0) is 7.05 Å². The highest BCUT2D eigenvalue weighted by Crippen LogP contribution is 1.96. The first-order valence-corrected chi connectivity index (χ1v) is 3.83. The fourth-order valence-corrected chi connectivity index (χ4v) is 1.03. The number of carboxylic acids is 1. The van der Waals surface area contributed by atoms with Gasteiger partial charge in [-0.15, -0.1) is 5.10 Å². The number of likely N-dealkylation sites (N-methyl/N-ethyl adjacent to an activating group) is 1. The van der Waals surface area contributed by atoms with Crippen molar-refractivity contribution in [3.8, 4) is 0 Å². The lowest BCUT2D eigenvalue weighted by atomic mass is 10.4. The molecule has 1 N–H and O–H groups in total. The van der Waals surface area contributed by atoms with E-state index in [0.717, 1.165) is 5.69 Å². The second-order valence-electron chi connectivity index (χ2n) is 2.95. The molecule has 13 heavy (non-hydrogen) atoms. The zero-order valence-corrected chi connectivity index (χ0v) is 7.64. The van der Waals surface area contributed by atoms with Gasteiger partial charge in [0.25, 0.3) is 0 Å². The largest absolute Gasteiger partial charge is 0.480 e. The first-order valence-electron chi connectivity index (χ1n) is 3.83. The summed E-state index contributed by atoms with van der Waals surface area (Å²) in [7, 11) is 3.50. The van der Waals surface area contributed by atoms with Crippen LogP contribution in [0.25, 0.3) is 0 Å². The summed E-state index contributed by atoms with van der Waals surface area (Å²) in [6.45, 7) is 0.511. The van der Waals surface area contributed by atoms with E-state index in [1.165, 1.54) is 0 Å². The van der Waals surface area contributed by atoms with Gasteiger partial charge in [-0.1, -0.05) is 5.21 Å². The van der Waals surface area contributed by atoms with Crippen LogP contribution >= 0.6 is 0 Å². The molecule has 0 aromatic carbocycles. The predicted octanol–water partition coefficient (Wildman–Crippen LogP) is -0.669. The summed E-state index contributed by atoms with van der Waals surface area (Å²) in [6.07, 6.45) is 1.76. The molecule has 1 heterocycles. The van der Waals surface area contributed by atoms with Gasteiger partial charge in [0.1, 0.15) is 0 Å². The number of rotatable bonds is 4. The molecule has 0 atom stereocenters. The fourth-order valence-electron chi connectivity index (χ4n) is 1.03. The second-order valence-corrected chi connectivity index (χ2v) is 2.95. The zero-order chi connectivity index (χ0) is 9.84. The first-order chi connectivity index (χ1) is 6.08. The van der Waals surface area contributed by atoms with Crippen molar-refractivity contribution in [3.63, 3.8) is 0 Å². The van der Waals surface area contributed by atoms with Gasteiger partial charge in [-0.2, -0.15) is 0 Å². The number of carboxylic acid groups (broad SMARTS) is 1. The third kappa shape index (κ3) is 3.20. The molecule has 0 aliphatic rings. The molecule has 0 amide bonds. The first kappa shape index (κ1) is 9.66. The molecule has 0 fully saturated rings. The van der Waals surface area contributed by atoms with E-state index >= 15 is 0 Å². The maximum atomic E-state index is 10.3. The topological polar surface area (TPSA) is 71.2 Å². The third-order valence-corrected chi connectivity index (χ3v) is 1.49. The number of hydrogen-bond acceptors (Lipinski definition) is 4. The Balaban J connectivity index is 2.44. The van der Waals surface area contributed by atoms with Crippen LogP contribution in [0.1, 0.15) is 5.69 Å². The number of aliphatic carboxylic acids is 1. The summed E-state index contributed by atoms with van der Waals surface area (Å²) < 4.78 is 1.59. The van der Waals surface area contributed by atoms with Crippen LogP contribution in [0, 0.1) is 0 Å². The number of aryl methyl sites for hydroxylation is 1. The Morgan fingerprint density at radius 3 is 2.92 bits per heavy atom. The summed E-state index contributed by atoms with van der Waals surface area (Å²) in [5.41, 5.74) is 0.770. The standard InChI is InChI=1S/C7H12N4O2/c1-10(5-7(12)13)3-6-4-11(2)9-8-6/h4H,3,5H2,1-2H3,(H,12,13). The molecule has 72 valence electrons. The van der Waals surface area contributed by atoms with Crippen molar-refractivity contribution >= 4 is 5.97 Å². The molecule has 0 aliphatic carbocycles. The van der Waals surface area contributed by atoms with Crippen molar-refractivity contribution in [1.82, 2.24) is 19.9 Å². The van der Waals surface area contributed by atoms with Crippen LogP contribution in [0.4, 0.5) is 0 Å². The minimum Gasteiger partial charge on any atom is -0.480 e. The number of aromatic nitrogens is 3. The highest BCUT2D eigenvalue weighted by molar-refractivity contribution is 5.68. The van der Waals surface area contributed by atoms with E-state index in [0.29, 0.717) is 6.54 Å². The van der Waals surface area contributed by atoms with E-state index in [9.17, 15) is 4.79 Å². The smallest absolute Gasteiger partial charge is 0.317 e. The van der Waals surface area contributed by atoms with E-state index < -0.39 is 5.97 Å². The van der Waals surface area contributed by atoms with E-state index in [-0.39, 0.29) is 6.54 Å². The van der Waals surface area contributed by atoms with Gasteiger partial charge < -0.3 is 5.11 Å². The maximum Gasteiger partial charge on any atom is 0.317 e. The molecule has 1 rings (SSSR count). The Kier molecular flexibility index (Phi) is 2.97. The van der Waals surface area contributed by atoms with E-state index in [1.54, 1.807) is 29.9 Å². The molecule has 1 aromatic heterocycles. The summed E-state index contributed by atoms with van der Waals surface area (Å²) in [5, 5.41) is 16.1. The molecular weight excluding hydrogens is 172 g/mol. The van der Waals surface area contributed by atoms with Crippen molar-refractivity contribution in [2.24, 2.45) is 7.05 Å². The van der Waals surface area contributed by atoms with Gasteiger partial charge >= 0.3 is 5.97 Å². The summed E-state index contributed by atoms with van der Waals surface area (Å²) in [6, 6.07) is 0. The summed E-state index contributed by atoms with van der Waals surface area (Å²) >= 11 is 0. The Labute approximate surface area is 75.8 Å². The molecule has 1 aromatic rings. The molecule has 0 radical (unpaired) electrons. The lowest BCUT2D eigenvalue weighted by molar-refractivity contribution is -0.138. The van der Waals surface area contributed by atoms with Gasteiger partial charge in [-0.3, -0.25) is 14.4 Å². The molecule has 0 saturated carbocycles. The molecule has 6 heteroatoms. The molecule has 0 bridgehead atoms. The van der Waals surface area contributed by atoms with Crippen LogP contribution in [0.5, 0.6) is 0 Å². The Morgan fingerprint density at radius 1 is 1.77 bits per heavy atom. The van der Waals surface area contributed by atoms with Crippen LogP contribution in [0.3, 0.4) is 0 Å². The molecule has 0 spiro atoms. The van der Waals surface area contributed by atoms with Crippen LogP contribution in [0.15, 0.2) is 6.20 Å². The lowest BCUT2D eigenvalue weighted by Gasteiger charge is -2.10. The monoisotopic (exact) mass is 184 g/mol. The van der Waals surface area contributed by atoms with Crippen LogP contribution in [-0.4, -0.2) is 44.6 Å². The molecule has 6 nitrogen and oxygen atoms in total. The average molecular weight is 184 g/mol. The molecule has 0 saturated heterocycles. The third-order valence-electron chi connectivity index (χ3n) is 1.49. The van der Waals surface area contributed by atoms with Crippen molar-refractivity contribution in [1.29, 1.82) is 0 Å². The molecular formula is C7H12N4O2. The highest BCUT2D eigenvalue weighted by atomic mass is 16.4. The molecule has 0 unspecified atom stereocenters. The fraction of sp³-hybridized carbons (Fsp3) is 0.571. The minimum atomic E-state index is -0.841. The van der Waals surface area contributed by atoms with Crippen molar-refractivity contribution < 1.29 is 9.90 Å². The van der Waals surface area contributed by atoms with Crippen LogP contribution < -0.4 is 0 Å². The number of nitrogens with zero attached hydrogens (tertiary/aromatic N) is 4. The Hall–Kier alpha value is -1.43. The SMILES string of the molecule is CN(CC(=O)O)Cc1cn(C)nn1. The van der Waals surface area contributed by atoms with Crippen molar-refractivity contribution in [2.75, 3.05) is 13.6 Å². The lowest BCUT2D eigenvalue weighted by Crippen LogP contribution is -2.25. The maximum absolute atomic E-state index is 10.3. The second kappa shape index (κ2) is 3.99. The van der Waals surface area contributed by atoms with Gasteiger partial charge in [0.15, 0.2) is 0 Å². The molecule has 0 aliphatic heterocycles. The van der Waals surface area contributed by atoms with Gasteiger partial charge in [0.2, 0.25) is 0 Å². The summed E-state index contributed by atoms with van der Waals surface area (Å²) in [5.74, 6) is -0.841. The zero-order valence-electron chi connectivity index (χ0n) is 7.64.